The number of halogens is 1. The summed E-state index contributed by atoms with van der Waals surface area (Å²) in [6, 6.07) is 3.39. The van der Waals surface area contributed by atoms with Gasteiger partial charge in [-0.1, -0.05) is 23.7 Å². The minimum absolute atomic E-state index is 0.248. The van der Waals surface area contributed by atoms with E-state index in [0.717, 1.165) is 0 Å². The van der Waals surface area contributed by atoms with Crippen LogP contribution in [-0.2, 0) is 0 Å². The van der Waals surface area contributed by atoms with Crippen molar-refractivity contribution in [2.75, 3.05) is 14.2 Å². The smallest absolute Gasteiger partial charge is 0.232 e. The highest BCUT2D eigenvalue weighted by Gasteiger charge is 2.21. The van der Waals surface area contributed by atoms with E-state index in [9.17, 15) is 5.11 Å². The summed E-state index contributed by atoms with van der Waals surface area (Å²) in [5.74, 6) is 1.42. The van der Waals surface area contributed by atoms with Crippen molar-refractivity contribution in [2.45, 2.75) is 25.9 Å². The second kappa shape index (κ2) is 6.32. The molecule has 2 rings (SSSR count). The lowest BCUT2D eigenvalue weighted by Crippen LogP contribution is -2.11. The number of aromatic nitrogens is 2. The summed E-state index contributed by atoms with van der Waals surface area (Å²) in [7, 11) is 3.04. The van der Waals surface area contributed by atoms with Crippen LogP contribution in [0.3, 0.4) is 0 Å². The second-order valence-corrected chi connectivity index (χ2v) is 5.09. The van der Waals surface area contributed by atoms with Gasteiger partial charge < -0.3 is 19.1 Å². The van der Waals surface area contributed by atoms with E-state index in [-0.39, 0.29) is 5.92 Å². The molecule has 7 heteroatoms. The number of methoxy groups -OCH3 is 2. The van der Waals surface area contributed by atoms with Crippen LogP contribution in [0, 0.1) is 0 Å². The molecular formula is C14H17ClN2O4. The largest absolute Gasteiger partial charge is 0.493 e. The van der Waals surface area contributed by atoms with Crippen LogP contribution in [0.15, 0.2) is 16.7 Å². The summed E-state index contributed by atoms with van der Waals surface area (Å²) in [4.78, 5) is 4.28. The predicted octanol–water partition coefficient (Wildman–Crippen LogP) is 2.89. The lowest BCUT2D eigenvalue weighted by atomic mass is 10.1. The first-order valence-electron chi connectivity index (χ1n) is 6.41. The van der Waals surface area contributed by atoms with E-state index >= 15 is 0 Å². The summed E-state index contributed by atoms with van der Waals surface area (Å²) < 4.78 is 15.6. The van der Waals surface area contributed by atoms with Crippen molar-refractivity contribution in [2.24, 2.45) is 0 Å². The molecule has 0 saturated heterocycles. The minimum Gasteiger partial charge on any atom is -0.493 e. The Morgan fingerprint density at radius 2 is 1.95 bits per heavy atom. The van der Waals surface area contributed by atoms with Gasteiger partial charge in [0, 0.05) is 5.56 Å². The molecule has 0 bridgehead atoms. The number of aliphatic hydroxyl groups excluding tert-OH is 1. The highest BCUT2D eigenvalue weighted by atomic mass is 35.5. The Kier molecular flexibility index (Phi) is 4.69. The number of rotatable bonds is 5. The number of ether oxygens (including phenoxy) is 2. The van der Waals surface area contributed by atoms with Gasteiger partial charge in [-0.15, -0.1) is 0 Å². The van der Waals surface area contributed by atoms with Crippen molar-refractivity contribution >= 4 is 11.6 Å². The predicted molar refractivity (Wildman–Crippen MR) is 77.9 cm³/mol. The third-order valence-corrected chi connectivity index (χ3v) is 3.53. The molecule has 2 unspecified atom stereocenters. The molecule has 6 nitrogen and oxygen atoms in total. The standard InChI is InChI=1S/C14H17ClN2O4/c1-7(8(2)18)14-16-13(17-21-14)9-5-10(15)12(20-4)11(6-9)19-3/h5-8,18H,1-4H3. The fourth-order valence-corrected chi connectivity index (χ4v) is 2.08. The lowest BCUT2D eigenvalue weighted by molar-refractivity contribution is 0.151. The quantitative estimate of drug-likeness (QED) is 0.914. The van der Waals surface area contributed by atoms with Crippen LogP contribution in [0.2, 0.25) is 5.02 Å². The second-order valence-electron chi connectivity index (χ2n) is 4.68. The molecule has 0 saturated carbocycles. The molecule has 0 radical (unpaired) electrons. The summed E-state index contributed by atoms with van der Waals surface area (Å²) in [6.07, 6.45) is -0.577. The lowest BCUT2D eigenvalue weighted by Gasteiger charge is -2.10. The molecule has 0 fully saturated rings. The van der Waals surface area contributed by atoms with Gasteiger partial charge in [0.25, 0.3) is 0 Å². The van der Waals surface area contributed by atoms with E-state index in [4.69, 9.17) is 25.6 Å². The zero-order valence-electron chi connectivity index (χ0n) is 12.3. The molecule has 0 aliphatic rings. The van der Waals surface area contributed by atoms with Crippen molar-refractivity contribution in [3.8, 4) is 22.9 Å². The molecule has 21 heavy (non-hydrogen) atoms. The van der Waals surface area contributed by atoms with Crippen molar-refractivity contribution in [3.63, 3.8) is 0 Å². The third kappa shape index (κ3) is 3.11. The molecule has 2 atom stereocenters. The highest BCUT2D eigenvalue weighted by Crippen LogP contribution is 2.38. The van der Waals surface area contributed by atoms with E-state index < -0.39 is 6.10 Å². The monoisotopic (exact) mass is 312 g/mol. The van der Waals surface area contributed by atoms with Gasteiger partial charge in [0.1, 0.15) is 0 Å². The Bertz CT molecular complexity index is 627. The van der Waals surface area contributed by atoms with Crippen LogP contribution >= 0.6 is 11.6 Å². The van der Waals surface area contributed by atoms with Gasteiger partial charge in [0.15, 0.2) is 11.5 Å². The Hall–Kier alpha value is -1.79. The average Bonchev–Trinajstić information content (AvgIpc) is 2.95. The van der Waals surface area contributed by atoms with Crippen LogP contribution in [0.5, 0.6) is 11.5 Å². The van der Waals surface area contributed by atoms with Crippen molar-refractivity contribution in [1.29, 1.82) is 0 Å². The SMILES string of the molecule is COc1cc(-c2noc(C(C)C(C)O)n2)cc(Cl)c1OC. The molecule has 114 valence electrons. The number of hydrogen-bond donors (Lipinski definition) is 1. The summed E-state index contributed by atoms with van der Waals surface area (Å²) in [5, 5.41) is 13.9. The van der Waals surface area contributed by atoms with Gasteiger partial charge >= 0.3 is 0 Å². The summed E-state index contributed by atoms with van der Waals surface area (Å²) in [6.45, 7) is 3.48. The Morgan fingerprint density at radius 1 is 1.24 bits per heavy atom. The maximum Gasteiger partial charge on any atom is 0.232 e. The first-order chi connectivity index (χ1) is 9.97. The van der Waals surface area contributed by atoms with Crippen LogP contribution in [0.4, 0.5) is 0 Å². The molecule has 1 aromatic carbocycles. The number of benzene rings is 1. The average molecular weight is 313 g/mol. The van der Waals surface area contributed by atoms with Gasteiger partial charge in [0.05, 0.1) is 31.3 Å². The van der Waals surface area contributed by atoms with Gasteiger partial charge in [-0.2, -0.15) is 4.98 Å². The van der Waals surface area contributed by atoms with Gasteiger partial charge in [-0.3, -0.25) is 0 Å². The number of hydrogen-bond acceptors (Lipinski definition) is 6. The van der Waals surface area contributed by atoms with Crippen LogP contribution in [-0.4, -0.2) is 35.6 Å². The fourth-order valence-electron chi connectivity index (χ4n) is 1.79. The van der Waals surface area contributed by atoms with E-state index in [1.807, 2.05) is 6.92 Å². The topological polar surface area (TPSA) is 77.6 Å². The molecule has 1 N–H and O–H groups in total. The van der Waals surface area contributed by atoms with Crippen LogP contribution < -0.4 is 9.47 Å². The normalized spacial score (nSPS) is 13.8. The third-order valence-electron chi connectivity index (χ3n) is 3.25. The molecule has 2 aromatic rings. The zero-order chi connectivity index (χ0) is 15.6. The van der Waals surface area contributed by atoms with E-state index in [1.54, 1.807) is 19.1 Å². The zero-order valence-corrected chi connectivity index (χ0v) is 13.0. The Labute approximate surface area is 127 Å². The van der Waals surface area contributed by atoms with Crippen LogP contribution in [0.25, 0.3) is 11.4 Å². The maximum atomic E-state index is 9.56. The molecular weight excluding hydrogens is 296 g/mol. The van der Waals surface area contributed by atoms with Crippen molar-refractivity contribution in [3.05, 3.63) is 23.0 Å². The molecule has 1 aromatic heterocycles. The van der Waals surface area contributed by atoms with Crippen molar-refractivity contribution in [1.82, 2.24) is 10.1 Å². The summed E-state index contributed by atoms with van der Waals surface area (Å²) in [5.41, 5.74) is 0.644. The molecule has 1 heterocycles. The number of aliphatic hydroxyl groups is 1. The summed E-state index contributed by atoms with van der Waals surface area (Å²) >= 11 is 6.15. The first-order valence-corrected chi connectivity index (χ1v) is 6.79. The van der Waals surface area contributed by atoms with Gasteiger partial charge in [-0.25, -0.2) is 0 Å². The van der Waals surface area contributed by atoms with E-state index in [2.05, 4.69) is 10.1 Å². The molecule has 0 aliphatic heterocycles. The fraction of sp³-hybridized carbons (Fsp3) is 0.429. The van der Waals surface area contributed by atoms with E-state index in [1.165, 1.54) is 14.2 Å². The Balaban J connectivity index is 2.41. The Morgan fingerprint density at radius 3 is 2.52 bits per heavy atom. The van der Waals surface area contributed by atoms with E-state index in [0.29, 0.717) is 33.8 Å². The van der Waals surface area contributed by atoms with Crippen LogP contribution in [0.1, 0.15) is 25.7 Å². The van der Waals surface area contributed by atoms with Crippen molar-refractivity contribution < 1.29 is 19.1 Å². The van der Waals surface area contributed by atoms with Gasteiger partial charge in [-0.05, 0) is 19.1 Å². The molecule has 0 aliphatic carbocycles. The minimum atomic E-state index is -0.577. The molecule has 0 spiro atoms. The first kappa shape index (κ1) is 15.6. The number of nitrogens with zero attached hydrogens (tertiary/aromatic N) is 2. The van der Waals surface area contributed by atoms with Gasteiger partial charge in [0.2, 0.25) is 11.7 Å². The highest BCUT2D eigenvalue weighted by molar-refractivity contribution is 6.32. The maximum absolute atomic E-state index is 9.56. The molecule has 0 amide bonds.